The van der Waals surface area contributed by atoms with Gasteiger partial charge in [0.25, 0.3) is 0 Å². The second-order valence-corrected chi connectivity index (χ2v) is 2.91. The smallest absolute Gasteiger partial charge is 0.0166 e. The lowest BCUT2D eigenvalue weighted by molar-refractivity contribution is 1.04. The molecule has 0 radical (unpaired) electrons. The third-order valence-corrected chi connectivity index (χ3v) is 1.77. The summed E-state index contributed by atoms with van der Waals surface area (Å²) in [6.45, 7) is 0. The molecule has 0 aromatic rings. The minimum atomic E-state index is 1.04. The van der Waals surface area contributed by atoms with Crippen LogP contribution in [0.25, 0.3) is 0 Å². The first kappa shape index (κ1) is 9.79. The summed E-state index contributed by atoms with van der Waals surface area (Å²) in [5.74, 6) is 0. The highest BCUT2D eigenvalue weighted by molar-refractivity contribution is 5.16. The van der Waals surface area contributed by atoms with E-state index in [0.717, 1.165) is 19.3 Å². The second-order valence-electron chi connectivity index (χ2n) is 2.91. The van der Waals surface area contributed by atoms with E-state index < -0.39 is 0 Å². The van der Waals surface area contributed by atoms with Gasteiger partial charge in [0.1, 0.15) is 0 Å². The van der Waals surface area contributed by atoms with Gasteiger partial charge in [-0.1, -0.05) is 60.8 Å². The van der Waals surface area contributed by atoms with Crippen LogP contribution in [0.3, 0.4) is 0 Å². The van der Waals surface area contributed by atoms with E-state index in [4.69, 9.17) is 0 Å². The number of rotatable bonds is 0. The highest BCUT2D eigenvalue weighted by Gasteiger charge is 1.76. The molecule has 0 spiro atoms. The Labute approximate surface area is 80.7 Å². The largest absolute Gasteiger partial charge is 0.0879 e. The van der Waals surface area contributed by atoms with E-state index in [9.17, 15) is 0 Å². The van der Waals surface area contributed by atoms with Crippen LogP contribution in [0.2, 0.25) is 0 Å². The van der Waals surface area contributed by atoms with E-state index in [-0.39, 0.29) is 0 Å². The normalized spacial score (nSPS) is 27.7. The summed E-state index contributed by atoms with van der Waals surface area (Å²) < 4.78 is 0. The van der Waals surface area contributed by atoms with E-state index in [1.807, 2.05) is 12.2 Å². The number of hydrogen-bond donors (Lipinski definition) is 0. The van der Waals surface area contributed by atoms with Crippen molar-refractivity contribution < 1.29 is 0 Å². The van der Waals surface area contributed by atoms with Crippen LogP contribution in [-0.4, -0.2) is 0 Å². The molecule has 0 aromatic carbocycles. The summed E-state index contributed by atoms with van der Waals surface area (Å²) in [5, 5.41) is 0. The van der Waals surface area contributed by atoms with Crippen molar-refractivity contribution in [2.75, 3.05) is 0 Å². The average Bonchev–Trinajstić information content (AvgIpc) is 2.18. The van der Waals surface area contributed by atoms with Crippen molar-refractivity contribution in [3.8, 4) is 0 Å². The first-order chi connectivity index (χ1) is 6.50. The van der Waals surface area contributed by atoms with Gasteiger partial charge >= 0.3 is 0 Å². The highest BCUT2D eigenvalue weighted by Crippen LogP contribution is 1.96. The summed E-state index contributed by atoms with van der Waals surface area (Å²) in [6, 6.07) is 0. The Morgan fingerprint density at radius 2 is 1.08 bits per heavy atom. The number of hydrogen-bond acceptors (Lipinski definition) is 0. The zero-order valence-electron chi connectivity index (χ0n) is 7.89. The minimum Gasteiger partial charge on any atom is -0.0879 e. The fourth-order valence-electron chi connectivity index (χ4n) is 1.07. The lowest BCUT2D eigenvalue weighted by Gasteiger charge is -1.84. The summed E-state index contributed by atoms with van der Waals surface area (Å²) >= 11 is 0. The Hall–Kier alpha value is -1.30. The van der Waals surface area contributed by atoms with Crippen LogP contribution in [0.1, 0.15) is 19.3 Å². The van der Waals surface area contributed by atoms with Crippen molar-refractivity contribution in [1.29, 1.82) is 0 Å². The first-order valence-electron chi connectivity index (χ1n) is 4.80. The zero-order valence-corrected chi connectivity index (χ0v) is 7.89. The van der Waals surface area contributed by atoms with Crippen LogP contribution in [0, 0.1) is 0 Å². The molecule has 0 heterocycles. The van der Waals surface area contributed by atoms with Crippen LogP contribution < -0.4 is 0 Å². The Balaban J connectivity index is 2.50. The molecule has 13 heavy (non-hydrogen) atoms. The topological polar surface area (TPSA) is 0 Å². The van der Waals surface area contributed by atoms with E-state index in [0.29, 0.717) is 0 Å². The Bertz CT molecular complexity index is 249. The maximum absolute atomic E-state index is 2.24. The highest BCUT2D eigenvalue weighted by atomic mass is 13.8. The van der Waals surface area contributed by atoms with Crippen LogP contribution in [0.5, 0.6) is 0 Å². The van der Waals surface area contributed by atoms with Gasteiger partial charge < -0.3 is 0 Å². The van der Waals surface area contributed by atoms with Gasteiger partial charge in [0.2, 0.25) is 0 Å². The standard InChI is InChI=1S/C13H16/c1-2-4-6-8-10-12-13-11-9-7-5-3-1/h1-8,11,13H,9-10,12H2/b3-1+,4-2-,7-5-,8-6?,13-11-. The van der Waals surface area contributed by atoms with Crippen molar-refractivity contribution in [1.82, 2.24) is 0 Å². The van der Waals surface area contributed by atoms with Gasteiger partial charge in [0.05, 0.1) is 0 Å². The molecule has 0 fully saturated rings. The number of allylic oxidation sites excluding steroid dienone is 10. The predicted octanol–water partition coefficient (Wildman–Crippen LogP) is 3.95. The first-order valence-corrected chi connectivity index (χ1v) is 4.80. The van der Waals surface area contributed by atoms with Crippen LogP contribution in [0.4, 0.5) is 0 Å². The summed E-state index contributed by atoms with van der Waals surface area (Å²) in [5.41, 5.74) is 0. The molecule has 0 unspecified atom stereocenters. The second kappa shape index (κ2) is 7.35. The lowest BCUT2D eigenvalue weighted by Crippen LogP contribution is -1.64. The van der Waals surface area contributed by atoms with E-state index in [2.05, 4.69) is 48.6 Å². The summed E-state index contributed by atoms with van der Waals surface area (Å²) in [6.07, 6.45) is 24.5. The molecule has 0 saturated carbocycles. The molecular weight excluding hydrogens is 156 g/mol. The van der Waals surface area contributed by atoms with Crippen molar-refractivity contribution in [2.45, 2.75) is 19.3 Å². The molecule has 0 bridgehead atoms. The van der Waals surface area contributed by atoms with Gasteiger partial charge in [-0.15, -0.1) is 0 Å². The van der Waals surface area contributed by atoms with Gasteiger partial charge in [-0.05, 0) is 19.3 Å². The van der Waals surface area contributed by atoms with Gasteiger partial charge in [0, 0.05) is 0 Å². The molecule has 68 valence electrons. The molecule has 1 rings (SSSR count). The molecule has 0 saturated heterocycles. The molecule has 1 aliphatic rings. The maximum Gasteiger partial charge on any atom is -0.0166 e. The lowest BCUT2D eigenvalue weighted by atomic mass is 10.2. The average molecular weight is 172 g/mol. The van der Waals surface area contributed by atoms with Crippen molar-refractivity contribution in [3.63, 3.8) is 0 Å². The van der Waals surface area contributed by atoms with Crippen molar-refractivity contribution in [2.24, 2.45) is 0 Å². The molecule has 0 nitrogen and oxygen atoms in total. The SMILES string of the molecule is C1=CCC/C=C\C\C=C/C=C/C=C\1. The third-order valence-electron chi connectivity index (χ3n) is 1.77. The van der Waals surface area contributed by atoms with Gasteiger partial charge in [-0.3, -0.25) is 0 Å². The van der Waals surface area contributed by atoms with Crippen LogP contribution in [-0.2, 0) is 0 Å². The predicted molar refractivity (Wildman–Crippen MR) is 59.6 cm³/mol. The summed E-state index contributed by atoms with van der Waals surface area (Å²) in [4.78, 5) is 0. The minimum absolute atomic E-state index is 1.04. The van der Waals surface area contributed by atoms with Crippen molar-refractivity contribution >= 4 is 0 Å². The fourth-order valence-corrected chi connectivity index (χ4v) is 1.07. The summed E-state index contributed by atoms with van der Waals surface area (Å²) in [7, 11) is 0. The molecule has 1 aliphatic carbocycles. The van der Waals surface area contributed by atoms with Gasteiger partial charge in [-0.25, -0.2) is 0 Å². The maximum atomic E-state index is 2.24. The van der Waals surface area contributed by atoms with E-state index in [1.54, 1.807) is 0 Å². The fraction of sp³-hybridized carbons (Fsp3) is 0.231. The van der Waals surface area contributed by atoms with Crippen LogP contribution in [0.15, 0.2) is 60.8 Å². The Morgan fingerprint density at radius 1 is 0.462 bits per heavy atom. The molecule has 0 aliphatic heterocycles. The molecule has 0 amide bonds. The van der Waals surface area contributed by atoms with Gasteiger partial charge in [0.15, 0.2) is 0 Å². The monoisotopic (exact) mass is 172 g/mol. The molecule has 0 atom stereocenters. The molecule has 0 N–H and O–H groups in total. The molecule has 0 aromatic heterocycles. The third kappa shape index (κ3) is 5.92. The van der Waals surface area contributed by atoms with Crippen molar-refractivity contribution in [3.05, 3.63) is 60.8 Å². The molecule has 0 heteroatoms. The Morgan fingerprint density at radius 3 is 1.92 bits per heavy atom. The van der Waals surface area contributed by atoms with Crippen LogP contribution >= 0.6 is 0 Å². The quantitative estimate of drug-likeness (QED) is 0.485. The van der Waals surface area contributed by atoms with Gasteiger partial charge in [-0.2, -0.15) is 0 Å². The Kier molecular flexibility index (Phi) is 5.54. The van der Waals surface area contributed by atoms with E-state index >= 15 is 0 Å². The zero-order chi connectivity index (χ0) is 9.19. The van der Waals surface area contributed by atoms with E-state index in [1.165, 1.54) is 0 Å². The molecular formula is C13H16.